The van der Waals surface area contributed by atoms with Gasteiger partial charge in [0.25, 0.3) is 0 Å². The third-order valence-corrected chi connectivity index (χ3v) is 10.3. The van der Waals surface area contributed by atoms with Gasteiger partial charge in [-0.05, 0) is 77.4 Å². The third-order valence-electron chi connectivity index (χ3n) is 10.3. The van der Waals surface area contributed by atoms with E-state index in [0.717, 1.165) is 47.3 Å². The van der Waals surface area contributed by atoms with Gasteiger partial charge < -0.3 is 0 Å². The van der Waals surface area contributed by atoms with E-state index in [0.29, 0.717) is 10.8 Å². The Morgan fingerprint density at radius 2 is 1.39 bits per heavy atom. The second kappa shape index (κ2) is 10.3. The summed E-state index contributed by atoms with van der Waals surface area (Å²) in [5.74, 6) is 6.48. The summed E-state index contributed by atoms with van der Waals surface area (Å²) >= 11 is 0. The lowest BCUT2D eigenvalue weighted by Crippen LogP contribution is -2.54. The first-order chi connectivity index (χ1) is 12.8. The fourth-order valence-electron chi connectivity index (χ4n) is 7.20. The Morgan fingerprint density at radius 3 is 1.89 bits per heavy atom. The van der Waals surface area contributed by atoms with Gasteiger partial charge in [-0.3, -0.25) is 0 Å². The highest BCUT2D eigenvalue weighted by Crippen LogP contribution is 2.61. The molecule has 1 rings (SSSR count). The lowest BCUT2D eigenvalue weighted by Gasteiger charge is -2.60. The monoisotopic (exact) mass is 392 g/mol. The minimum absolute atomic E-state index is 0.351. The van der Waals surface area contributed by atoms with E-state index in [9.17, 15) is 0 Å². The van der Waals surface area contributed by atoms with Gasteiger partial charge in [-0.15, -0.1) is 0 Å². The van der Waals surface area contributed by atoms with Crippen molar-refractivity contribution in [3.63, 3.8) is 0 Å². The Hall–Kier alpha value is 0. The summed E-state index contributed by atoms with van der Waals surface area (Å²) in [6.07, 6.45) is 8.22. The maximum Gasteiger partial charge on any atom is -0.0215 e. The Morgan fingerprint density at radius 1 is 0.857 bits per heavy atom. The highest BCUT2D eigenvalue weighted by Gasteiger charge is 2.54. The Labute approximate surface area is 180 Å². The molecule has 0 amide bonds. The maximum atomic E-state index is 2.72. The second-order valence-corrected chi connectivity index (χ2v) is 12.2. The second-order valence-electron chi connectivity index (χ2n) is 12.2. The van der Waals surface area contributed by atoms with Crippen molar-refractivity contribution >= 4 is 0 Å². The predicted molar refractivity (Wildman–Crippen MR) is 129 cm³/mol. The molecule has 0 aromatic heterocycles. The van der Waals surface area contributed by atoms with Gasteiger partial charge in [0.1, 0.15) is 0 Å². The van der Waals surface area contributed by atoms with Crippen LogP contribution >= 0.6 is 0 Å². The van der Waals surface area contributed by atoms with Gasteiger partial charge in [0.2, 0.25) is 0 Å². The Kier molecular flexibility index (Phi) is 9.62. The normalized spacial score (nSPS) is 42.0. The van der Waals surface area contributed by atoms with Gasteiger partial charge in [-0.2, -0.15) is 0 Å². The van der Waals surface area contributed by atoms with E-state index in [1.54, 1.807) is 0 Å². The summed E-state index contributed by atoms with van der Waals surface area (Å²) in [6, 6.07) is 0. The van der Waals surface area contributed by atoms with Crippen molar-refractivity contribution in [1.29, 1.82) is 0 Å². The van der Waals surface area contributed by atoms with Crippen LogP contribution in [-0.4, -0.2) is 0 Å². The summed E-state index contributed by atoms with van der Waals surface area (Å²) in [6.45, 7) is 30.7. The van der Waals surface area contributed by atoms with Crippen LogP contribution < -0.4 is 0 Å². The van der Waals surface area contributed by atoms with Crippen LogP contribution in [0.1, 0.15) is 122 Å². The van der Waals surface area contributed by atoms with E-state index in [4.69, 9.17) is 0 Å². The Bertz CT molecular complexity index is 449. The Balaban J connectivity index is 3.61. The molecule has 0 heterocycles. The lowest BCUT2D eigenvalue weighted by molar-refractivity contribution is -0.117. The molecule has 0 aliphatic heterocycles. The van der Waals surface area contributed by atoms with Gasteiger partial charge in [-0.25, -0.2) is 0 Å². The average Bonchev–Trinajstić information content (AvgIpc) is 2.62. The molecular weight excluding hydrogens is 336 g/mol. The van der Waals surface area contributed by atoms with Crippen molar-refractivity contribution in [2.45, 2.75) is 122 Å². The topological polar surface area (TPSA) is 0 Å². The van der Waals surface area contributed by atoms with Crippen LogP contribution in [0.3, 0.4) is 0 Å². The van der Waals surface area contributed by atoms with Crippen LogP contribution in [-0.2, 0) is 0 Å². The smallest absolute Gasteiger partial charge is 0.0215 e. The van der Waals surface area contributed by atoms with Crippen molar-refractivity contribution in [1.82, 2.24) is 0 Å². The lowest BCUT2D eigenvalue weighted by atomic mass is 9.45. The van der Waals surface area contributed by atoms with Crippen LogP contribution in [0, 0.1) is 58.2 Å². The van der Waals surface area contributed by atoms with Gasteiger partial charge in [0.05, 0.1) is 0 Å². The SMILES string of the molecule is CCCC(C)C1(C)C(CC(C)CC)C(C)C(C)CC(C)CC(C)C(C)C1(C)C. The summed E-state index contributed by atoms with van der Waals surface area (Å²) in [5, 5.41) is 0. The average molecular weight is 393 g/mol. The molecular formula is C28H56. The number of hydrogen-bond acceptors (Lipinski definition) is 0. The molecule has 9 unspecified atom stereocenters. The minimum Gasteiger partial charge on any atom is -0.0654 e. The molecule has 0 radical (unpaired) electrons. The molecule has 168 valence electrons. The van der Waals surface area contributed by atoms with Crippen molar-refractivity contribution in [3.05, 3.63) is 0 Å². The molecule has 0 heteroatoms. The minimum atomic E-state index is 0.351. The van der Waals surface area contributed by atoms with Crippen LogP contribution in [0.25, 0.3) is 0 Å². The van der Waals surface area contributed by atoms with Crippen molar-refractivity contribution in [3.8, 4) is 0 Å². The van der Waals surface area contributed by atoms with Crippen molar-refractivity contribution in [2.75, 3.05) is 0 Å². The number of rotatable bonds is 6. The predicted octanol–water partition coefficient (Wildman–Crippen LogP) is 9.48. The van der Waals surface area contributed by atoms with E-state index in [-0.39, 0.29) is 0 Å². The molecule has 1 aliphatic rings. The molecule has 0 spiro atoms. The molecule has 1 saturated carbocycles. The van der Waals surface area contributed by atoms with Crippen LogP contribution in [0.5, 0.6) is 0 Å². The molecule has 28 heavy (non-hydrogen) atoms. The van der Waals surface area contributed by atoms with Crippen LogP contribution in [0.4, 0.5) is 0 Å². The summed E-state index contributed by atoms with van der Waals surface area (Å²) in [7, 11) is 0. The molecule has 9 atom stereocenters. The van der Waals surface area contributed by atoms with Crippen molar-refractivity contribution in [2.24, 2.45) is 58.2 Å². The molecule has 0 nitrogen and oxygen atoms in total. The van der Waals surface area contributed by atoms with E-state index in [1.807, 2.05) is 0 Å². The summed E-state index contributed by atoms with van der Waals surface area (Å²) in [4.78, 5) is 0. The summed E-state index contributed by atoms with van der Waals surface area (Å²) < 4.78 is 0. The van der Waals surface area contributed by atoms with Gasteiger partial charge in [0.15, 0.2) is 0 Å². The zero-order chi connectivity index (χ0) is 21.9. The maximum absolute atomic E-state index is 2.72. The first-order valence-electron chi connectivity index (χ1n) is 12.8. The molecule has 0 saturated heterocycles. The molecule has 1 fully saturated rings. The fourth-order valence-corrected chi connectivity index (χ4v) is 7.20. The standard InChI is InChI=1S/C28H56/c1-13-15-23(7)28(12)26(18-19(3)14-2)24(8)21(5)16-20(4)17-22(6)25(9)27(28,10)11/h19-26H,13-18H2,1-12H3. The molecule has 1 aliphatic carbocycles. The van der Waals surface area contributed by atoms with E-state index in [2.05, 4.69) is 83.1 Å². The van der Waals surface area contributed by atoms with E-state index >= 15 is 0 Å². The zero-order valence-electron chi connectivity index (χ0n) is 21.9. The molecule has 0 bridgehead atoms. The molecule has 0 N–H and O–H groups in total. The first-order valence-corrected chi connectivity index (χ1v) is 12.8. The van der Waals surface area contributed by atoms with Crippen LogP contribution in [0.2, 0.25) is 0 Å². The molecule has 0 aromatic rings. The van der Waals surface area contributed by atoms with Gasteiger partial charge >= 0.3 is 0 Å². The quantitative estimate of drug-likeness (QED) is 0.422. The van der Waals surface area contributed by atoms with Crippen molar-refractivity contribution < 1.29 is 0 Å². The summed E-state index contributed by atoms with van der Waals surface area (Å²) in [5.41, 5.74) is 0.735. The van der Waals surface area contributed by atoms with Gasteiger partial charge in [-0.1, -0.05) is 102 Å². The van der Waals surface area contributed by atoms with Gasteiger partial charge in [0, 0.05) is 0 Å². The largest absolute Gasteiger partial charge is 0.0654 e. The molecule has 0 aromatic carbocycles. The number of hydrogen-bond donors (Lipinski definition) is 0. The van der Waals surface area contributed by atoms with E-state index < -0.39 is 0 Å². The fraction of sp³-hybridized carbons (Fsp3) is 1.00. The third kappa shape index (κ3) is 5.18. The van der Waals surface area contributed by atoms with E-state index in [1.165, 1.54) is 38.5 Å². The van der Waals surface area contributed by atoms with Crippen LogP contribution in [0.15, 0.2) is 0 Å². The zero-order valence-corrected chi connectivity index (χ0v) is 21.9. The highest BCUT2D eigenvalue weighted by atomic mass is 14.6. The highest BCUT2D eigenvalue weighted by molar-refractivity contribution is 5.03. The first kappa shape index (κ1) is 26.0.